The van der Waals surface area contributed by atoms with Gasteiger partial charge in [0, 0.05) is 12.1 Å². The van der Waals surface area contributed by atoms with Crippen molar-refractivity contribution >= 4 is 23.1 Å². The molecule has 0 spiro atoms. The van der Waals surface area contributed by atoms with E-state index in [4.69, 9.17) is 22.4 Å². The maximum Gasteiger partial charge on any atom is 0.234 e. The maximum absolute atomic E-state index is 12.2. The first-order valence-electron chi connectivity index (χ1n) is 5.81. The summed E-state index contributed by atoms with van der Waals surface area (Å²) in [5.41, 5.74) is 7.35. The molecule has 1 aromatic heterocycles. The highest BCUT2D eigenvalue weighted by molar-refractivity contribution is 7.80. The second-order valence-electron chi connectivity index (χ2n) is 4.10. The van der Waals surface area contributed by atoms with E-state index in [1.807, 2.05) is 30.3 Å². The Bertz CT molecular complexity index is 552. The summed E-state index contributed by atoms with van der Waals surface area (Å²) < 4.78 is 4.94. The van der Waals surface area contributed by atoms with Gasteiger partial charge in [-0.3, -0.25) is 4.79 Å². The number of carbonyl (C=O) groups is 1. The number of amides is 1. The van der Waals surface area contributed by atoms with E-state index in [0.717, 1.165) is 11.1 Å². The van der Waals surface area contributed by atoms with Gasteiger partial charge in [0.15, 0.2) is 0 Å². The molecule has 3 N–H and O–H groups in total. The van der Waals surface area contributed by atoms with Crippen molar-refractivity contribution in [2.24, 2.45) is 5.73 Å². The van der Waals surface area contributed by atoms with E-state index in [1.54, 1.807) is 18.6 Å². The van der Waals surface area contributed by atoms with Crippen LogP contribution < -0.4 is 11.1 Å². The molecule has 0 bridgehead atoms. The lowest BCUT2D eigenvalue weighted by atomic mass is 9.98. The number of nitrogens with two attached hydrogens (primary N) is 1. The summed E-state index contributed by atoms with van der Waals surface area (Å²) in [5.74, 6) is -0.817. The molecule has 1 aromatic carbocycles. The molecule has 4 nitrogen and oxygen atoms in total. The van der Waals surface area contributed by atoms with Gasteiger partial charge in [-0.2, -0.15) is 0 Å². The van der Waals surface area contributed by atoms with Crippen LogP contribution in [0, 0.1) is 0 Å². The van der Waals surface area contributed by atoms with Crippen LogP contribution >= 0.6 is 12.2 Å². The second kappa shape index (κ2) is 6.15. The van der Waals surface area contributed by atoms with Crippen LogP contribution in [-0.4, -0.2) is 10.9 Å². The fourth-order valence-electron chi connectivity index (χ4n) is 1.77. The zero-order valence-electron chi connectivity index (χ0n) is 10.2. The van der Waals surface area contributed by atoms with Crippen LogP contribution in [0.1, 0.15) is 17.0 Å². The van der Waals surface area contributed by atoms with Gasteiger partial charge in [0.25, 0.3) is 0 Å². The molecule has 1 atom stereocenters. The van der Waals surface area contributed by atoms with Gasteiger partial charge in [-0.25, -0.2) is 0 Å². The summed E-state index contributed by atoms with van der Waals surface area (Å²) in [4.78, 5) is 12.3. The molecule has 2 aromatic rings. The van der Waals surface area contributed by atoms with Crippen molar-refractivity contribution in [2.75, 3.05) is 0 Å². The number of rotatable bonds is 5. The van der Waals surface area contributed by atoms with E-state index < -0.39 is 5.92 Å². The molecular weight excluding hydrogens is 260 g/mol. The van der Waals surface area contributed by atoms with Crippen molar-refractivity contribution in [3.63, 3.8) is 0 Å². The maximum atomic E-state index is 12.2. The summed E-state index contributed by atoms with van der Waals surface area (Å²) in [6.45, 7) is 0.390. The average Bonchev–Trinajstić information content (AvgIpc) is 2.90. The van der Waals surface area contributed by atoms with Gasteiger partial charge in [-0.15, -0.1) is 0 Å². The van der Waals surface area contributed by atoms with Crippen molar-refractivity contribution < 1.29 is 9.21 Å². The third-order valence-electron chi connectivity index (χ3n) is 2.73. The highest BCUT2D eigenvalue weighted by Gasteiger charge is 2.22. The molecule has 19 heavy (non-hydrogen) atoms. The van der Waals surface area contributed by atoms with Gasteiger partial charge in [0.2, 0.25) is 5.91 Å². The largest absolute Gasteiger partial charge is 0.472 e. The number of furan rings is 1. The number of benzene rings is 1. The Morgan fingerprint density at radius 2 is 2.05 bits per heavy atom. The molecule has 0 saturated heterocycles. The normalized spacial score (nSPS) is 11.8. The van der Waals surface area contributed by atoms with E-state index in [2.05, 4.69) is 5.32 Å². The third-order valence-corrected chi connectivity index (χ3v) is 2.96. The van der Waals surface area contributed by atoms with Crippen molar-refractivity contribution in [3.05, 3.63) is 60.1 Å². The van der Waals surface area contributed by atoms with E-state index in [9.17, 15) is 4.79 Å². The van der Waals surface area contributed by atoms with Crippen LogP contribution in [0.2, 0.25) is 0 Å². The summed E-state index contributed by atoms with van der Waals surface area (Å²) >= 11 is 4.99. The monoisotopic (exact) mass is 274 g/mol. The van der Waals surface area contributed by atoms with E-state index >= 15 is 0 Å². The predicted octanol–water partition coefficient (Wildman–Crippen LogP) is 1.97. The fraction of sp³-hybridized carbons (Fsp3) is 0.143. The molecule has 1 amide bonds. The lowest BCUT2D eigenvalue weighted by Crippen LogP contribution is -2.35. The minimum absolute atomic E-state index is 0.163. The molecule has 0 saturated carbocycles. The Kier molecular flexibility index (Phi) is 4.30. The molecule has 0 aliphatic rings. The fourth-order valence-corrected chi connectivity index (χ4v) is 2.02. The Labute approximate surface area is 116 Å². The average molecular weight is 274 g/mol. The van der Waals surface area contributed by atoms with Crippen molar-refractivity contribution in [2.45, 2.75) is 12.5 Å². The Hall–Kier alpha value is -2.14. The molecule has 0 fully saturated rings. The quantitative estimate of drug-likeness (QED) is 0.818. The van der Waals surface area contributed by atoms with Gasteiger partial charge < -0.3 is 15.5 Å². The molecule has 2 rings (SSSR count). The van der Waals surface area contributed by atoms with Crippen LogP contribution in [0.5, 0.6) is 0 Å². The molecule has 1 heterocycles. The molecule has 5 heteroatoms. The molecular formula is C14H14N2O2S. The first-order chi connectivity index (χ1) is 9.18. The van der Waals surface area contributed by atoms with E-state index in [1.165, 1.54) is 0 Å². The van der Waals surface area contributed by atoms with Gasteiger partial charge in [0.1, 0.15) is 5.92 Å². The van der Waals surface area contributed by atoms with Crippen LogP contribution in [-0.2, 0) is 11.3 Å². The van der Waals surface area contributed by atoms with Crippen molar-refractivity contribution in [1.29, 1.82) is 0 Å². The first-order valence-corrected chi connectivity index (χ1v) is 6.22. The molecule has 0 aliphatic heterocycles. The van der Waals surface area contributed by atoms with E-state index in [-0.39, 0.29) is 10.9 Å². The van der Waals surface area contributed by atoms with Crippen LogP contribution in [0.4, 0.5) is 0 Å². The zero-order valence-corrected chi connectivity index (χ0v) is 11.0. The minimum Gasteiger partial charge on any atom is -0.472 e. The molecule has 0 radical (unpaired) electrons. The van der Waals surface area contributed by atoms with Gasteiger partial charge in [-0.1, -0.05) is 42.5 Å². The topological polar surface area (TPSA) is 68.3 Å². The predicted molar refractivity (Wildman–Crippen MR) is 76.5 cm³/mol. The van der Waals surface area contributed by atoms with Gasteiger partial charge in [0.05, 0.1) is 17.5 Å². The number of thiocarbonyl (C=S) groups is 1. The van der Waals surface area contributed by atoms with Crippen molar-refractivity contribution in [1.82, 2.24) is 5.32 Å². The smallest absolute Gasteiger partial charge is 0.234 e. The SMILES string of the molecule is NC(=S)C(C(=O)NCc1ccoc1)c1ccccc1. The van der Waals surface area contributed by atoms with E-state index in [0.29, 0.717) is 6.54 Å². The van der Waals surface area contributed by atoms with Crippen molar-refractivity contribution in [3.8, 4) is 0 Å². The third kappa shape index (κ3) is 3.42. The summed E-state index contributed by atoms with van der Waals surface area (Å²) in [6, 6.07) is 11.0. The molecule has 98 valence electrons. The summed E-state index contributed by atoms with van der Waals surface area (Å²) in [5, 5.41) is 2.80. The summed E-state index contributed by atoms with van der Waals surface area (Å²) in [6.07, 6.45) is 3.14. The zero-order chi connectivity index (χ0) is 13.7. The van der Waals surface area contributed by atoms with Crippen LogP contribution in [0.3, 0.4) is 0 Å². The summed E-state index contributed by atoms with van der Waals surface area (Å²) in [7, 11) is 0. The minimum atomic E-state index is -0.608. The lowest BCUT2D eigenvalue weighted by Gasteiger charge is -2.15. The number of hydrogen-bond donors (Lipinski definition) is 2. The van der Waals surface area contributed by atoms with Crippen LogP contribution in [0.25, 0.3) is 0 Å². The lowest BCUT2D eigenvalue weighted by molar-refractivity contribution is -0.121. The number of nitrogens with one attached hydrogen (secondary N) is 1. The second-order valence-corrected chi connectivity index (χ2v) is 4.57. The first kappa shape index (κ1) is 13.3. The van der Waals surface area contributed by atoms with Gasteiger partial charge >= 0.3 is 0 Å². The van der Waals surface area contributed by atoms with Gasteiger partial charge in [-0.05, 0) is 11.6 Å². The number of carbonyl (C=O) groups excluding carboxylic acids is 1. The highest BCUT2D eigenvalue weighted by atomic mass is 32.1. The molecule has 0 aliphatic carbocycles. The highest BCUT2D eigenvalue weighted by Crippen LogP contribution is 2.16. The Morgan fingerprint density at radius 3 is 2.63 bits per heavy atom. The number of hydrogen-bond acceptors (Lipinski definition) is 3. The Morgan fingerprint density at radius 1 is 1.32 bits per heavy atom. The molecule has 1 unspecified atom stereocenters. The van der Waals surface area contributed by atoms with Crippen LogP contribution in [0.15, 0.2) is 53.3 Å². The Balaban J connectivity index is 2.07. The standard InChI is InChI=1S/C14H14N2O2S/c15-13(19)12(11-4-2-1-3-5-11)14(17)16-8-10-6-7-18-9-10/h1-7,9,12H,8H2,(H2,15,19)(H,16,17).